The first-order chi connectivity index (χ1) is 9.77. The first kappa shape index (κ1) is 15.0. The highest BCUT2D eigenvalue weighted by molar-refractivity contribution is 5.96. The van der Waals surface area contributed by atoms with Gasteiger partial charge in [0.05, 0.1) is 18.9 Å². The predicted molar refractivity (Wildman–Crippen MR) is 79.2 cm³/mol. The van der Waals surface area contributed by atoms with Crippen LogP contribution in [0.4, 0.5) is 5.69 Å². The normalized spacial score (nSPS) is 14.2. The Balaban J connectivity index is 2.09. The summed E-state index contributed by atoms with van der Waals surface area (Å²) in [5.74, 6) is 0.0444. The first-order valence-electron chi connectivity index (χ1n) is 7.25. The Morgan fingerprint density at radius 2 is 2.20 bits per heavy atom. The van der Waals surface area contributed by atoms with Gasteiger partial charge in [0.2, 0.25) is 0 Å². The van der Waals surface area contributed by atoms with Crippen LogP contribution in [0.25, 0.3) is 0 Å². The summed E-state index contributed by atoms with van der Waals surface area (Å²) in [5.41, 5.74) is 3.63. The number of hydrogen-bond acceptors (Lipinski definition) is 3. The summed E-state index contributed by atoms with van der Waals surface area (Å²) in [5, 5.41) is 0. The third kappa shape index (κ3) is 3.38. The molecule has 1 aliphatic rings. The molecular weight excluding hydrogens is 254 g/mol. The molecule has 0 fully saturated rings. The molecular formula is C16H23NO3. The van der Waals surface area contributed by atoms with Gasteiger partial charge >= 0.3 is 0 Å². The van der Waals surface area contributed by atoms with Crippen molar-refractivity contribution in [3.8, 4) is 0 Å². The van der Waals surface area contributed by atoms with Gasteiger partial charge in [-0.2, -0.15) is 0 Å². The Hall–Kier alpha value is -1.39. The van der Waals surface area contributed by atoms with Gasteiger partial charge in [0.15, 0.2) is 0 Å². The van der Waals surface area contributed by atoms with E-state index in [1.54, 1.807) is 7.11 Å². The molecule has 110 valence electrons. The fraction of sp³-hybridized carbons (Fsp3) is 0.562. The Morgan fingerprint density at radius 1 is 1.35 bits per heavy atom. The second-order valence-electron chi connectivity index (χ2n) is 4.97. The Morgan fingerprint density at radius 3 is 2.95 bits per heavy atom. The van der Waals surface area contributed by atoms with Crippen LogP contribution in [-0.4, -0.2) is 39.4 Å². The molecule has 1 aromatic rings. The highest BCUT2D eigenvalue weighted by Crippen LogP contribution is 2.31. The average molecular weight is 277 g/mol. The molecule has 4 heteroatoms. The number of methoxy groups -OCH3 is 1. The highest BCUT2D eigenvalue weighted by Gasteiger charge is 2.24. The lowest BCUT2D eigenvalue weighted by molar-refractivity contribution is -0.123. The van der Waals surface area contributed by atoms with Gasteiger partial charge in [-0.25, -0.2) is 0 Å². The maximum atomic E-state index is 12.4. The lowest BCUT2D eigenvalue weighted by Gasteiger charge is -2.31. The molecule has 2 rings (SSSR count). The molecule has 0 unspecified atom stereocenters. The molecule has 0 atom stereocenters. The lowest BCUT2D eigenvalue weighted by atomic mass is 9.96. The fourth-order valence-electron chi connectivity index (χ4n) is 2.65. The number of ether oxygens (including phenoxy) is 2. The standard InChI is InChI=1S/C16H23NO3/c1-3-13-6-4-7-14-8-5-9-17(16(13)14)15(18)12-20-11-10-19-2/h4,6-7H,3,5,8-12H2,1-2H3. The maximum absolute atomic E-state index is 12.4. The summed E-state index contributed by atoms with van der Waals surface area (Å²) in [7, 11) is 1.62. The van der Waals surface area contributed by atoms with Crippen molar-refractivity contribution >= 4 is 11.6 Å². The Labute approximate surface area is 120 Å². The van der Waals surface area contributed by atoms with Crippen molar-refractivity contribution in [3.63, 3.8) is 0 Å². The van der Waals surface area contributed by atoms with Gasteiger partial charge in [0.25, 0.3) is 5.91 Å². The number of rotatable bonds is 6. The zero-order valence-corrected chi connectivity index (χ0v) is 12.4. The average Bonchev–Trinajstić information content (AvgIpc) is 2.50. The Kier molecular flexibility index (Phi) is 5.56. The van der Waals surface area contributed by atoms with Gasteiger partial charge in [0, 0.05) is 13.7 Å². The van der Waals surface area contributed by atoms with Crippen LogP contribution in [0.1, 0.15) is 24.5 Å². The molecule has 0 radical (unpaired) electrons. The lowest BCUT2D eigenvalue weighted by Crippen LogP contribution is -2.38. The number of para-hydroxylation sites is 1. The molecule has 0 saturated heterocycles. The second kappa shape index (κ2) is 7.41. The first-order valence-corrected chi connectivity index (χ1v) is 7.25. The van der Waals surface area contributed by atoms with E-state index in [1.165, 1.54) is 11.1 Å². The molecule has 20 heavy (non-hydrogen) atoms. The van der Waals surface area contributed by atoms with Crippen LogP contribution in [0.2, 0.25) is 0 Å². The predicted octanol–water partition coefficient (Wildman–Crippen LogP) is 2.19. The number of amides is 1. The molecule has 0 bridgehead atoms. The van der Waals surface area contributed by atoms with E-state index in [1.807, 2.05) is 4.90 Å². The van der Waals surface area contributed by atoms with E-state index in [-0.39, 0.29) is 12.5 Å². The van der Waals surface area contributed by atoms with Crippen LogP contribution in [-0.2, 0) is 27.1 Å². The van der Waals surface area contributed by atoms with Crippen molar-refractivity contribution in [2.45, 2.75) is 26.2 Å². The van der Waals surface area contributed by atoms with Crippen LogP contribution in [0.15, 0.2) is 18.2 Å². The third-order valence-electron chi connectivity index (χ3n) is 3.64. The van der Waals surface area contributed by atoms with Crippen molar-refractivity contribution in [1.29, 1.82) is 0 Å². The smallest absolute Gasteiger partial charge is 0.252 e. The summed E-state index contributed by atoms with van der Waals surface area (Å²) in [6.45, 7) is 4.02. The van der Waals surface area contributed by atoms with Crippen molar-refractivity contribution in [2.75, 3.05) is 38.4 Å². The van der Waals surface area contributed by atoms with E-state index in [2.05, 4.69) is 25.1 Å². The molecule has 0 saturated carbocycles. The van der Waals surface area contributed by atoms with Crippen LogP contribution in [0.5, 0.6) is 0 Å². The van der Waals surface area contributed by atoms with E-state index >= 15 is 0 Å². The summed E-state index contributed by atoms with van der Waals surface area (Å²) in [6.07, 6.45) is 3.01. The minimum Gasteiger partial charge on any atom is -0.382 e. The Bertz CT molecular complexity index is 445. The molecule has 0 N–H and O–H groups in total. The fourth-order valence-corrected chi connectivity index (χ4v) is 2.65. The highest BCUT2D eigenvalue weighted by atomic mass is 16.5. The van der Waals surface area contributed by atoms with E-state index in [0.717, 1.165) is 31.5 Å². The number of nitrogens with zero attached hydrogens (tertiary/aromatic N) is 1. The number of fused-ring (bicyclic) bond motifs is 1. The molecule has 1 heterocycles. The molecule has 0 aliphatic carbocycles. The van der Waals surface area contributed by atoms with E-state index in [0.29, 0.717) is 13.2 Å². The SMILES string of the molecule is CCc1cccc2c1N(C(=O)COCCOC)CCC2. The van der Waals surface area contributed by atoms with E-state index in [9.17, 15) is 4.79 Å². The largest absolute Gasteiger partial charge is 0.382 e. The quantitative estimate of drug-likeness (QED) is 0.748. The van der Waals surface area contributed by atoms with Crippen LogP contribution >= 0.6 is 0 Å². The van der Waals surface area contributed by atoms with Crippen molar-refractivity contribution in [1.82, 2.24) is 0 Å². The molecule has 0 spiro atoms. The number of carbonyl (C=O) groups excluding carboxylic acids is 1. The van der Waals surface area contributed by atoms with Gasteiger partial charge in [-0.1, -0.05) is 25.1 Å². The number of anilines is 1. The van der Waals surface area contributed by atoms with Gasteiger partial charge in [-0.3, -0.25) is 4.79 Å². The molecule has 1 aliphatic heterocycles. The van der Waals surface area contributed by atoms with Gasteiger partial charge in [-0.05, 0) is 30.4 Å². The van der Waals surface area contributed by atoms with E-state index < -0.39 is 0 Å². The minimum absolute atomic E-state index is 0.0444. The minimum atomic E-state index is 0.0444. The summed E-state index contributed by atoms with van der Waals surface area (Å²) in [6, 6.07) is 6.32. The van der Waals surface area contributed by atoms with Crippen molar-refractivity contribution in [2.24, 2.45) is 0 Å². The monoisotopic (exact) mass is 277 g/mol. The molecule has 1 amide bonds. The van der Waals surface area contributed by atoms with Gasteiger partial charge in [0.1, 0.15) is 6.61 Å². The molecule has 0 aromatic heterocycles. The van der Waals surface area contributed by atoms with Crippen LogP contribution < -0.4 is 4.90 Å². The third-order valence-corrected chi connectivity index (χ3v) is 3.64. The maximum Gasteiger partial charge on any atom is 0.252 e. The van der Waals surface area contributed by atoms with Crippen molar-refractivity contribution in [3.05, 3.63) is 29.3 Å². The van der Waals surface area contributed by atoms with Crippen molar-refractivity contribution < 1.29 is 14.3 Å². The second-order valence-corrected chi connectivity index (χ2v) is 4.97. The number of hydrogen-bond donors (Lipinski definition) is 0. The van der Waals surface area contributed by atoms with Gasteiger partial charge < -0.3 is 14.4 Å². The van der Waals surface area contributed by atoms with Crippen LogP contribution in [0, 0.1) is 0 Å². The molecule has 4 nitrogen and oxygen atoms in total. The van der Waals surface area contributed by atoms with Crippen LogP contribution in [0.3, 0.4) is 0 Å². The number of benzene rings is 1. The summed E-state index contributed by atoms with van der Waals surface area (Å²) in [4.78, 5) is 14.2. The van der Waals surface area contributed by atoms with Gasteiger partial charge in [-0.15, -0.1) is 0 Å². The summed E-state index contributed by atoms with van der Waals surface area (Å²) >= 11 is 0. The zero-order chi connectivity index (χ0) is 14.4. The zero-order valence-electron chi connectivity index (χ0n) is 12.4. The number of carbonyl (C=O) groups is 1. The number of aryl methyl sites for hydroxylation is 2. The molecule has 1 aromatic carbocycles. The topological polar surface area (TPSA) is 38.8 Å². The van der Waals surface area contributed by atoms with E-state index in [4.69, 9.17) is 9.47 Å². The summed E-state index contributed by atoms with van der Waals surface area (Å²) < 4.78 is 10.3.